The second kappa shape index (κ2) is 7.43. The summed E-state index contributed by atoms with van der Waals surface area (Å²) in [5.74, 6) is 0.850. The summed E-state index contributed by atoms with van der Waals surface area (Å²) in [5.41, 5.74) is 2.06. The van der Waals surface area contributed by atoms with Crippen LogP contribution in [-0.4, -0.2) is 18.8 Å². The standard InChI is InChI=1S/C16H18BrNO2/c1-20-15-7-5-12(6-8-15)10-18-11-16(19)13-3-2-4-14(17)9-13/h2-9,16,18-19H,10-11H2,1H3/t16-/m0/s1. The van der Waals surface area contributed by atoms with Crippen LogP contribution in [0.1, 0.15) is 17.2 Å². The smallest absolute Gasteiger partial charge is 0.118 e. The summed E-state index contributed by atoms with van der Waals surface area (Å²) in [5, 5.41) is 13.4. The highest BCUT2D eigenvalue weighted by molar-refractivity contribution is 9.10. The van der Waals surface area contributed by atoms with Gasteiger partial charge in [-0.3, -0.25) is 0 Å². The molecule has 0 saturated heterocycles. The van der Waals surface area contributed by atoms with Crippen LogP contribution in [0.15, 0.2) is 53.0 Å². The van der Waals surface area contributed by atoms with Crippen molar-refractivity contribution in [3.63, 3.8) is 0 Å². The first-order valence-electron chi connectivity index (χ1n) is 6.46. The zero-order valence-corrected chi connectivity index (χ0v) is 12.9. The summed E-state index contributed by atoms with van der Waals surface area (Å²) < 4.78 is 6.09. The van der Waals surface area contributed by atoms with Crippen molar-refractivity contribution in [3.8, 4) is 5.75 Å². The van der Waals surface area contributed by atoms with Gasteiger partial charge in [-0.15, -0.1) is 0 Å². The fraction of sp³-hybridized carbons (Fsp3) is 0.250. The predicted octanol–water partition coefficient (Wildman–Crippen LogP) is 3.28. The Balaban J connectivity index is 1.82. The van der Waals surface area contributed by atoms with Crippen molar-refractivity contribution in [2.45, 2.75) is 12.6 Å². The van der Waals surface area contributed by atoms with Crippen LogP contribution in [0.2, 0.25) is 0 Å². The SMILES string of the molecule is COc1ccc(CNC[C@H](O)c2cccc(Br)c2)cc1. The molecule has 106 valence electrons. The van der Waals surface area contributed by atoms with E-state index >= 15 is 0 Å². The van der Waals surface area contributed by atoms with E-state index in [0.717, 1.165) is 27.9 Å². The highest BCUT2D eigenvalue weighted by Crippen LogP contribution is 2.17. The van der Waals surface area contributed by atoms with Crippen LogP contribution < -0.4 is 10.1 Å². The number of rotatable bonds is 6. The molecule has 0 aromatic heterocycles. The van der Waals surface area contributed by atoms with Gasteiger partial charge in [-0.1, -0.05) is 40.2 Å². The Hall–Kier alpha value is -1.36. The first-order chi connectivity index (χ1) is 9.69. The molecule has 0 amide bonds. The molecule has 0 heterocycles. The third kappa shape index (κ3) is 4.34. The average Bonchev–Trinajstić information content (AvgIpc) is 2.48. The van der Waals surface area contributed by atoms with Gasteiger partial charge in [0, 0.05) is 17.6 Å². The van der Waals surface area contributed by atoms with Crippen molar-refractivity contribution < 1.29 is 9.84 Å². The molecule has 0 radical (unpaired) electrons. The Bertz CT molecular complexity index is 542. The van der Waals surface area contributed by atoms with Gasteiger partial charge in [0.15, 0.2) is 0 Å². The average molecular weight is 336 g/mol. The molecule has 2 N–H and O–H groups in total. The second-order valence-corrected chi connectivity index (χ2v) is 5.47. The van der Waals surface area contributed by atoms with Crippen LogP contribution in [-0.2, 0) is 6.54 Å². The Morgan fingerprint density at radius 1 is 1.20 bits per heavy atom. The molecule has 0 unspecified atom stereocenters. The number of nitrogens with one attached hydrogen (secondary N) is 1. The van der Waals surface area contributed by atoms with Gasteiger partial charge < -0.3 is 15.2 Å². The molecule has 0 aliphatic rings. The summed E-state index contributed by atoms with van der Waals surface area (Å²) in [6.07, 6.45) is -0.509. The van der Waals surface area contributed by atoms with Crippen molar-refractivity contribution in [2.75, 3.05) is 13.7 Å². The van der Waals surface area contributed by atoms with Crippen molar-refractivity contribution >= 4 is 15.9 Å². The number of aliphatic hydroxyl groups is 1. The Morgan fingerprint density at radius 3 is 2.60 bits per heavy atom. The molecule has 0 aliphatic heterocycles. The number of hydrogen-bond donors (Lipinski definition) is 2. The van der Waals surface area contributed by atoms with Gasteiger partial charge in [-0.2, -0.15) is 0 Å². The number of hydrogen-bond acceptors (Lipinski definition) is 3. The summed E-state index contributed by atoms with van der Waals surface area (Å²) in [6, 6.07) is 15.6. The number of aliphatic hydroxyl groups excluding tert-OH is 1. The lowest BCUT2D eigenvalue weighted by Crippen LogP contribution is -2.21. The van der Waals surface area contributed by atoms with E-state index in [1.54, 1.807) is 7.11 Å². The van der Waals surface area contributed by atoms with E-state index in [2.05, 4.69) is 21.2 Å². The van der Waals surface area contributed by atoms with E-state index in [0.29, 0.717) is 6.54 Å². The van der Waals surface area contributed by atoms with Crippen LogP contribution >= 0.6 is 15.9 Å². The minimum atomic E-state index is -0.509. The van der Waals surface area contributed by atoms with E-state index in [9.17, 15) is 5.11 Å². The molecule has 0 bridgehead atoms. The van der Waals surface area contributed by atoms with Crippen molar-refractivity contribution in [1.29, 1.82) is 0 Å². The number of ether oxygens (including phenoxy) is 1. The zero-order valence-electron chi connectivity index (χ0n) is 11.3. The molecule has 4 heteroatoms. The predicted molar refractivity (Wildman–Crippen MR) is 83.8 cm³/mol. The van der Waals surface area contributed by atoms with E-state index in [4.69, 9.17) is 4.74 Å². The fourth-order valence-electron chi connectivity index (χ4n) is 1.93. The first-order valence-corrected chi connectivity index (χ1v) is 7.25. The summed E-state index contributed by atoms with van der Waals surface area (Å²) >= 11 is 3.41. The topological polar surface area (TPSA) is 41.5 Å². The van der Waals surface area contributed by atoms with Crippen LogP contribution in [0.25, 0.3) is 0 Å². The van der Waals surface area contributed by atoms with Gasteiger partial charge in [0.05, 0.1) is 13.2 Å². The lowest BCUT2D eigenvalue weighted by molar-refractivity contribution is 0.174. The fourth-order valence-corrected chi connectivity index (χ4v) is 2.35. The number of benzene rings is 2. The highest BCUT2D eigenvalue weighted by atomic mass is 79.9. The van der Waals surface area contributed by atoms with Gasteiger partial charge in [0.1, 0.15) is 5.75 Å². The van der Waals surface area contributed by atoms with Crippen molar-refractivity contribution in [2.24, 2.45) is 0 Å². The Morgan fingerprint density at radius 2 is 1.95 bits per heavy atom. The zero-order chi connectivity index (χ0) is 14.4. The Kier molecular flexibility index (Phi) is 5.59. The molecular weight excluding hydrogens is 318 g/mol. The molecule has 2 aromatic rings. The molecule has 0 aliphatic carbocycles. The maximum atomic E-state index is 10.1. The lowest BCUT2D eigenvalue weighted by Gasteiger charge is -2.12. The van der Waals surface area contributed by atoms with Crippen LogP contribution in [0.4, 0.5) is 0 Å². The first kappa shape index (κ1) is 15.0. The molecule has 0 saturated carbocycles. The number of halogens is 1. The van der Waals surface area contributed by atoms with Crippen LogP contribution in [0.3, 0.4) is 0 Å². The van der Waals surface area contributed by atoms with E-state index in [1.807, 2.05) is 48.5 Å². The Labute approximate surface area is 127 Å². The van der Waals surface area contributed by atoms with Gasteiger partial charge in [-0.25, -0.2) is 0 Å². The largest absolute Gasteiger partial charge is 0.497 e. The molecule has 1 atom stereocenters. The molecular formula is C16H18BrNO2. The van der Waals surface area contributed by atoms with Gasteiger partial charge >= 0.3 is 0 Å². The van der Waals surface area contributed by atoms with Gasteiger partial charge in [0.25, 0.3) is 0 Å². The minimum absolute atomic E-state index is 0.509. The van der Waals surface area contributed by atoms with Crippen LogP contribution in [0, 0.1) is 0 Å². The van der Waals surface area contributed by atoms with Gasteiger partial charge in [-0.05, 0) is 35.4 Å². The van der Waals surface area contributed by atoms with E-state index in [1.165, 1.54) is 0 Å². The summed E-state index contributed by atoms with van der Waals surface area (Å²) in [6.45, 7) is 1.23. The molecule has 2 aromatic carbocycles. The van der Waals surface area contributed by atoms with E-state index < -0.39 is 6.10 Å². The monoisotopic (exact) mass is 335 g/mol. The van der Waals surface area contributed by atoms with Crippen LogP contribution in [0.5, 0.6) is 5.75 Å². The minimum Gasteiger partial charge on any atom is -0.497 e. The molecule has 0 fully saturated rings. The second-order valence-electron chi connectivity index (χ2n) is 4.55. The maximum absolute atomic E-state index is 10.1. The molecule has 2 rings (SSSR count). The molecule has 20 heavy (non-hydrogen) atoms. The third-order valence-electron chi connectivity index (χ3n) is 3.06. The third-order valence-corrected chi connectivity index (χ3v) is 3.55. The molecule has 3 nitrogen and oxygen atoms in total. The number of methoxy groups -OCH3 is 1. The molecule has 0 spiro atoms. The van der Waals surface area contributed by atoms with Crippen molar-refractivity contribution in [1.82, 2.24) is 5.32 Å². The van der Waals surface area contributed by atoms with Gasteiger partial charge in [0.2, 0.25) is 0 Å². The highest BCUT2D eigenvalue weighted by Gasteiger charge is 2.07. The van der Waals surface area contributed by atoms with Crippen molar-refractivity contribution in [3.05, 3.63) is 64.1 Å². The normalized spacial score (nSPS) is 12.2. The lowest BCUT2D eigenvalue weighted by atomic mass is 10.1. The summed E-state index contributed by atoms with van der Waals surface area (Å²) in [7, 11) is 1.65. The summed E-state index contributed by atoms with van der Waals surface area (Å²) in [4.78, 5) is 0. The van der Waals surface area contributed by atoms with E-state index in [-0.39, 0.29) is 0 Å². The quantitative estimate of drug-likeness (QED) is 0.851. The maximum Gasteiger partial charge on any atom is 0.118 e.